The summed E-state index contributed by atoms with van der Waals surface area (Å²) in [6.07, 6.45) is 3.50. The third-order valence-electron chi connectivity index (χ3n) is 3.90. The highest BCUT2D eigenvalue weighted by Crippen LogP contribution is 2.17. The van der Waals surface area contributed by atoms with Crippen molar-refractivity contribution in [3.63, 3.8) is 0 Å². The molecule has 2 heterocycles. The van der Waals surface area contributed by atoms with Gasteiger partial charge in [0.15, 0.2) is 0 Å². The Morgan fingerprint density at radius 1 is 1.11 bits per heavy atom. The predicted octanol–water partition coefficient (Wildman–Crippen LogP) is 2.73. The quantitative estimate of drug-likeness (QED) is 0.671. The van der Waals surface area contributed by atoms with E-state index in [4.69, 9.17) is 4.74 Å². The number of hydrogen-bond acceptors (Lipinski definition) is 6. The smallest absolute Gasteiger partial charge is 0.270 e. The van der Waals surface area contributed by atoms with Crippen LogP contribution in [0.1, 0.15) is 27.4 Å². The second-order valence-corrected chi connectivity index (χ2v) is 5.89. The van der Waals surface area contributed by atoms with Gasteiger partial charge in [0, 0.05) is 37.1 Å². The van der Waals surface area contributed by atoms with Crippen molar-refractivity contribution in [3.8, 4) is 5.75 Å². The largest absolute Gasteiger partial charge is 0.496 e. The van der Waals surface area contributed by atoms with Crippen LogP contribution in [0.15, 0.2) is 54.9 Å². The summed E-state index contributed by atoms with van der Waals surface area (Å²) < 4.78 is 5.30. The molecule has 0 radical (unpaired) electrons. The van der Waals surface area contributed by atoms with E-state index in [0.29, 0.717) is 30.4 Å². The van der Waals surface area contributed by atoms with Gasteiger partial charge in [-0.25, -0.2) is 9.97 Å². The molecule has 0 aliphatic heterocycles. The highest BCUT2D eigenvalue weighted by Gasteiger charge is 2.11. The van der Waals surface area contributed by atoms with Crippen LogP contribution in [0, 0.1) is 6.92 Å². The Balaban J connectivity index is 1.66. The number of aromatic nitrogens is 3. The number of nitrogens with zero attached hydrogens (tertiary/aromatic N) is 3. The molecule has 27 heavy (non-hydrogen) atoms. The van der Waals surface area contributed by atoms with Gasteiger partial charge < -0.3 is 15.4 Å². The second-order valence-electron chi connectivity index (χ2n) is 5.89. The van der Waals surface area contributed by atoms with Crippen LogP contribution < -0.4 is 15.4 Å². The third-order valence-corrected chi connectivity index (χ3v) is 3.90. The molecule has 0 bridgehead atoms. The van der Waals surface area contributed by atoms with E-state index in [1.807, 2.05) is 36.4 Å². The average Bonchev–Trinajstić information content (AvgIpc) is 2.71. The van der Waals surface area contributed by atoms with Gasteiger partial charge in [-0.15, -0.1) is 0 Å². The van der Waals surface area contributed by atoms with Crippen LogP contribution in [0.25, 0.3) is 0 Å². The molecule has 0 unspecified atom stereocenters. The van der Waals surface area contributed by atoms with Gasteiger partial charge in [0.25, 0.3) is 5.91 Å². The number of carbonyl (C=O) groups is 1. The Kier molecular flexibility index (Phi) is 5.94. The van der Waals surface area contributed by atoms with Crippen LogP contribution in [0.4, 0.5) is 5.82 Å². The van der Waals surface area contributed by atoms with E-state index in [1.165, 1.54) is 0 Å². The Bertz CT molecular complexity index is 915. The van der Waals surface area contributed by atoms with Crippen LogP contribution in [0.2, 0.25) is 0 Å². The van der Waals surface area contributed by atoms with Crippen molar-refractivity contribution in [1.82, 2.24) is 20.3 Å². The number of rotatable bonds is 7. The summed E-state index contributed by atoms with van der Waals surface area (Å²) in [4.78, 5) is 25.2. The van der Waals surface area contributed by atoms with Gasteiger partial charge in [0.05, 0.1) is 7.11 Å². The number of para-hydroxylation sites is 1. The minimum atomic E-state index is -0.268. The Labute approximate surface area is 157 Å². The van der Waals surface area contributed by atoms with E-state index in [-0.39, 0.29) is 5.91 Å². The van der Waals surface area contributed by atoms with Crippen molar-refractivity contribution in [2.45, 2.75) is 20.0 Å². The number of nitrogens with one attached hydrogen (secondary N) is 2. The Morgan fingerprint density at radius 2 is 1.96 bits per heavy atom. The molecule has 2 aromatic heterocycles. The minimum Gasteiger partial charge on any atom is -0.496 e. The standard InChI is InChI=1S/C20H21N5O2/c1-14-24-17(10-19(25-14)22-12-15-6-5-9-21-11-15)20(26)23-13-16-7-3-4-8-18(16)27-2/h3-11H,12-13H2,1-2H3,(H,23,26)(H,22,24,25). The highest BCUT2D eigenvalue weighted by molar-refractivity contribution is 5.92. The summed E-state index contributed by atoms with van der Waals surface area (Å²) in [5.41, 5.74) is 2.23. The lowest BCUT2D eigenvalue weighted by molar-refractivity contribution is 0.0945. The molecule has 1 amide bonds. The zero-order valence-electron chi connectivity index (χ0n) is 15.3. The van der Waals surface area contributed by atoms with Crippen molar-refractivity contribution in [3.05, 3.63) is 77.5 Å². The lowest BCUT2D eigenvalue weighted by Crippen LogP contribution is -2.24. The zero-order valence-corrected chi connectivity index (χ0v) is 15.3. The Hall–Kier alpha value is -3.48. The number of carbonyl (C=O) groups excluding carboxylic acids is 1. The van der Waals surface area contributed by atoms with Crippen LogP contribution in [-0.2, 0) is 13.1 Å². The number of ether oxygens (including phenoxy) is 1. The summed E-state index contributed by atoms with van der Waals surface area (Å²) in [6.45, 7) is 2.67. The normalized spacial score (nSPS) is 10.3. The fourth-order valence-electron chi connectivity index (χ4n) is 2.58. The molecule has 1 aromatic carbocycles. The van der Waals surface area contributed by atoms with E-state index >= 15 is 0 Å². The zero-order chi connectivity index (χ0) is 19.1. The number of benzene rings is 1. The molecule has 3 aromatic rings. The molecule has 2 N–H and O–H groups in total. The monoisotopic (exact) mass is 363 g/mol. The first-order chi connectivity index (χ1) is 13.2. The van der Waals surface area contributed by atoms with E-state index in [9.17, 15) is 4.79 Å². The third kappa shape index (κ3) is 5.01. The summed E-state index contributed by atoms with van der Waals surface area (Å²) >= 11 is 0. The van der Waals surface area contributed by atoms with Gasteiger partial charge in [0.2, 0.25) is 0 Å². The fraction of sp³-hybridized carbons (Fsp3) is 0.200. The first kappa shape index (κ1) is 18.3. The van der Waals surface area contributed by atoms with Gasteiger partial charge in [-0.1, -0.05) is 24.3 Å². The van der Waals surface area contributed by atoms with Gasteiger partial charge in [-0.3, -0.25) is 9.78 Å². The summed E-state index contributed by atoms with van der Waals surface area (Å²) in [6, 6.07) is 13.0. The van der Waals surface area contributed by atoms with Gasteiger partial charge in [-0.2, -0.15) is 0 Å². The molecule has 0 aliphatic carbocycles. The molecule has 0 aliphatic rings. The lowest BCUT2D eigenvalue weighted by Gasteiger charge is -2.11. The maximum absolute atomic E-state index is 12.5. The molecule has 7 heteroatoms. The molecule has 7 nitrogen and oxygen atoms in total. The molecule has 0 saturated heterocycles. The molecule has 0 saturated carbocycles. The second kappa shape index (κ2) is 8.75. The molecule has 0 atom stereocenters. The average molecular weight is 363 g/mol. The van der Waals surface area contributed by atoms with Crippen LogP contribution in [0.3, 0.4) is 0 Å². The van der Waals surface area contributed by atoms with Gasteiger partial charge >= 0.3 is 0 Å². The number of methoxy groups -OCH3 is 1. The summed E-state index contributed by atoms with van der Waals surface area (Å²) in [7, 11) is 1.61. The molecule has 0 fully saturated rings. The summed E-state index contributed by atoms with van der Waals surface area (Å²) in [5, 5.41) is 6.07. The number of amides is 1. The summed E-state index contributed by atoms with van der Waals surface area (Å²) in [5.74, 6) is 1.58. The Morgan fingerprint density at radius 3 is 2.74 bits per heavy atom. The number of aryl methyl sites for hydroxylation is 1. The maximum atomic E-state index is 12.5. The van der Waals surface area contributed by atoms with E-state index in [1.54, 1.807) is 32.5 Å². The molecular formula is C20H21N5O2. The molecule has 138 valence electrons. The van der Waals surface area contributed by atoms with E-state index in [2.05, 4.69) is 25.6 Å². The number of hydrogen-bond donors (Lipinski definition) is 2. The molecule has 3 rings (SSSR count). The molecular weight excluding hydrogens is 342 g/mol. The maximum Gasteiger partial charge on any atom is 0.270 e. The first-order valence-corrected chi connectivity index (χ1v) is 8.54. The minimum absolute atomic E-state index is 0.268. The topological polar surface area (TPSA) is 89.0 Å². The SMILES string of the molecule is COc1ccccc1CNC(=O)c1cc(NCc2cccnc2)nc(C)n1. The number of anilines is 1. The van der Waals surface area contributed by atoms with Crippen molar-refractivity contribution >= 4 is 11.7 Å². The van der Waals surface area contributed by atoms with Crippen molar-refractivity contribution in [1.29, 1.82) is 0 Å². The van der Waals surface area contributed by atoms with Gasteiger partial charge in [-0.05, 0) is 24.6 Å². The number of pyridine rings is 1. The van der Waals surface area contributed by atoms with Crippen LogP contribution >= 0.6 is 0 Å². The first-order valence-electron chi connectivity index (χ1n) is 8.54. The van der Waals surface area contributed by atoms with Crippen molar-refractivity contribution in [2.24, 2.45) is 0 Å². The fourth-order valence-corrected chi connectivity index (χ4v) is 2.58. The van der Waals surface area contributed by atoms with Crippen LogP contribution in [0.5, 0.6) is 5.75 Å². The van der Waals surface area contributed by atoms with Crippen molar-refractivity contribution in [2.75, 3.05) is 12.4 Å². The highest BCUT2D eigenvalue weighted by atomic mass is 16.5. The predicted molar refractivity (Wildman–Crippen MR) is 102 cm³/mol. The lowest BCUT2D eigenvalue weighted by atomic mass is 10.2. The van der Waals surface area contributed by atoms with E-state index in [0.717, 1.165) is 16.9 Å². The molecule has 0 spiro atoms. The van der Waals surface area contributed by atoms with Crippen LogP contribution in [-0.4, -0.2) is 28.0 Å². The van der Waals surface area contributed by atoms with Crippen molar-refractivity contribution < 1.29 is 9.53 Å². The van der Waals surface area contributed by atoms with E-state index < -0.39 is 0 Å². The van der Waals surface area contributed by atoms with Gasteiger partial charge in [0.1, 0.15) is 23.1 Å².